The Kier molecular flexibility index (Phi) is 1.45. The highest BCUT2D eigenvalue weighted by molar-refractivity contribution is 5.64. The Balaban J connectivity index is 2.64. The van der Waals surface area contributed by atoms with Crippen molar-refractivity contribution in [1.29, 1.82) is 5.26 Å². The van der Waals surface area contributed by atoms with Crippen LogP contribution in [0.25, 0.3) is 6.08 Å². The summed E-state index contributed by atoms with van der Waals surface area (Å²) in [5, 5.41) is 8.71. The molecular formula is C9H5NO2. The minimum atomic E-state index is 0.580. The average Bonchev–Trinajstić information content (AvgIpc) is 2.17. The summed E-state index contributed by atoms with van der Waals surface area (Å²) in [5.74, 6) is 0.580. The van der Waals surface area contributed by atoms with Crippen LogP contribution in [0.5, 0.6) is 5.75 Å². The summed E-state index contributed by atoms with van der Waals surface area (Å²) in [5.41, 5.74) is 1.36. The lowest BCUT2D eigenvalue weighted by molar-refractivity contribution is -0.151. The Morgan fingerprint density at radius 2 is 2.25 bits per heavy atom. The van der Waals surface area contributed by atoms with Gasteiger partial charge in [0.1, 0.15) is 6.26 Å². The number of hydrogen-bond acceptors (Lipinski definition) is 3. The van der Waals surface area contributed by atoms with E-state index in [1.807, 2.05) is 0 Å². The lowest BCUT2D eigenvalue weighted by Gasteiger charge is -2.10. The zero-order valence-corrected chi connectivity index (χ0v) is 6.15. The summed E-state index contributed by atoms with van der Waals surface area (Å²) in [4.78, 5) is 9.43. The Labute approximate surface area is 69.4 Å². The van der Waals surface area contributed by atoms with Gasteiger partial charge in [-0.05, 0) is 18.2 Å². The zero-order valence-electron chi connectivity index (χ0n) is 6.15. The zero-order chi connectivity index (χ0) is 8.39. The van der Waals surface area contributed by atoms with Crippen LogP contribution in [-0.4, -0.2) is 0 Å². The van der Waals surface area contributed by atoms with Gasteiger partial charge in [0.25, 0.3) is 0 Å². The maximum atomic E-state index is 8.71. The Morgan fingerprint density at radius 1 is 1.33 bits per heavy atom. The van der Waals surface area contributed by atoms with Crippen LogP contribution < -0.4 is 4.89 Å². The first-order valence-electron chi connectivity index (χ1n) is 3.45. The molecule has 0 saturated carbocycles. The minimum Gasteiger partial charge on any atom is -0.298 e. The van der Waals surface area contributed by atoms with Gasteiger partial charge in [0, 0.05) is 5.56 Å². The fraction of sp³-hybridized carbons (Fsp3) is 0. The monoisotopic (exact) mass is 159 g/mol. The van der Waals surface area contributed by atoms with Crippen LogP contribution in [0.15, 0.2) is 24.5 Å². The standard InChI is InChI=1S/C9H5NO2/c10-6-7-2-1-3-9-8(7)4-5-11-12-9/h1-5H. The first-order valence-corrected chi connectivity index (χ1v) is 3.45. The van der Waals surface area contributed by atoms with E-state index in [1.54, 1.807) is 24.3 Å². The lowest BCUT2D eigenvalue weighted by atomic mass is 10.1. The molecule has 0 fully saturated rings. The van der Waals surface area contributed by atoms with Gasteiger partial charge in [0.15, 0.2) is 5.75 Å². The third-order valence-electron chi connectivity index (χ3n) is 1.61. The smallest absolute Gasteiger partial charge is 0.187 e. The van der Waals surface area contributed by atoms with E-state index in [0.29, 0.717) is 11.3 Å². The van der Waals surface area contributed by atoms with E-state index in [4.69, 9.17) is 10.1 Å². The van der Waals surface area contributed by atoms with Gasteiger partial charge in [-0.25, -0.2) is 0 Å². The molecule has 3 nitrogen and oxygen atoms in total. The fourth-order valence-corrected chi connectivity index (χ4v) is 1.06. The Morgan fingerprint density at radius 3 is 3.08 bits per heavy atom. The largest absolute Gasteiger partial charge is 0.298 e. The van der Waals surface area contributed by atoms with Crippen molar-refractivity contribution >= 4 is 6.08 Å². The molecule has 0 spiro atoms. The Bertz CT molecular complexity index is 377. The van der Waals surface area contributed by atoms with Crippen molar-refractivity contribution in [3.05, 3.63) is 35.6 Å². The van der Waals surface area contributed by atoms with Gasteiger partial charge in [-0.2, -0.15) is 5.26 Å². The summed E-state index contributed by atoms with van der Waals surface area (Å²) in [7, 11) is 0. The van der Waals surface area contributed by atoms with Gasteiger partial charge < -0.3 is 0 Å². The molecule has 1 aromatic carbocycles. The second-order valence-electron chi connectivity index (χ2n) is 2.31. The van der Waals surface area contributed by atoms with E-state index in [2.05, 4.69) is 11.0 Å². The minimum absolute atomic E-state index is 0.580. The molecule has 1 aliphatic rings. The van der Waals surface area contributed by atoms with Crippen LogP contribution >= 0.6 is 0 Å². The SMILES string of the molecule is N#Cc1cccc2c1C=COO2. The summed E-state index contributed by atoms with van der Waals surface area (Å²) in [6.45, 7) is 0. The van der Waals surface area contributed by atoms with Crippen molar-refractivity contribution in [1.82, 2.24) is 0 Å². The van der Waals surface area contributed by atoms with Gasteiger partial charge in [0.05, 0.1) is 11.6 Å². The Hall–Kier alpha value is -1.95. The van der Waals surface area contributed by atoms with Crippen molar-refractivity contribution in [3.8, 4) is 11.8 Å². The first-order chi connectivity index (χ1) is 5.92. The molecule has 0 atom stereocenters. The van der Waals surface area contributed by atoms with Crippen molar-refractivity contribution in [2.75, 3.05) is 0 Å². The van der Waals surface area contributed by atoms with Gasteiger partial charge in [-0.3, -0.25) is 9.78 Å². The highest BCUT2D eigenvalue weighted by Crippen LogP contribution is 2.26. The summed E-state index contributed by atoms with van der Waals surface area (Å²) < 4.78 is 0. The molecule has 58 valence electrons. The fourth-order valence-electron chi connectivity index (χ4n) is 1.06. The van der Waals surface area contributed by atoms with Crippen LogP contribution in [-0.2, 0) is 4.89 Å². The van der Waals surface area contributed by atoms with E-state index < -0.39 is 0 Å². The number of hydrogen-bond donors (Lipinski definition) is 0. The van der Waals surface area contributed by atoms with Crippen molar-refractivity contribution in [2.45, 2.75) is 0 Å². The van der Waals surface area contributed by atoms with Gasteiger partial charge in [-0.15, -0.1) is 0 Å². The number of fused-ring (bicyclic) bond motifs is 1. The van der Waals surface area contributed by atoms with Crippen LogP contribution in [0.3, 0.4) is 0 Å². The highest BCUT2D eigenvalue weighted by Gasteiger charge is 2.10. The predicted octanol–water partition coefficient (Wildman–Crippen LogP) is 1.85. The summed E-state index contributed by atoms with van der Waals surface area (Å²) >= 11 is 0. The quantitative estimate of drug-likeness (QED) is 0.542. The number of rotatable bonds is 0. The maximum absolute atomic E-state index is 8.71. The van der Waals surface area contributed by atoms with E-state index in [-0.39, 0.29) is 0 Å². The molecule has 1 heterocycles. The molecule has 0 bridgehead atoms. The molecule has 3 heteroatoms. The molecule has 0 radical (unpaired) electrons. The topological polar surface area (TPSA) is 42.2 Å². The summed E-state index contributed by atoms with van der Waals surface area (Å²) in [6.07, 6.45) is 3.11. The molecule has 0 aromatic heterocycles. The number of benzene rings is 1. The second-order valence-corrected chi connectivity index (χ2v) is 2.31. The molecule has 0 unspecified atom stereocenters. The average molecular weight is 159 g/mol. The predicted molar refractivity (Wildman–Crippen MR) is 41.9 cm³/mol. The molecule has 1 aromatic rings. The van der Waals surface area contributed by atoms with Crippen LogP contribution in [0.2, 0.25) is 0 Å². The van der Waals surface area contributed by atoms with E-state index >= 15 is 0 Å². The molecule has 0 amide bonds. The first kappa shape index (κ1) is 6.74. The number of nitrogens with zero attached hydrogens (tertiary/aromatic N) is 1. The van der Waals surface area contributed by atoms with Gasteiger partial charge in [-0.1, -0.05) is 6.07 Å². The van der Waals surface area contributed by atoms with Crippen LogP contribution in [0, 0.1) is 11.3 Å². The van der Waals surface area contributed by atoms with E-state index in [0.717, 1.165) is 5.56 Å². The van der Waals surface area contributed by atoms with Crippen molar-refractivity contribution in [3.63, 3.8) is 0 Å². The summed E-state index contributed by atoms with van der Waals surface area (Å²) in [6, 6.07) is 7.30. The third kappa shape index (κ3) is 0.903. The van der Waals surface area contributed by atoms with Crippen LogP contribution in [0.1, 0.15) is 11.1 Å². The third-order valence-corrected chi connectivity index (χ3v) is 1.61. The van der Waals surface area contributed by atoms with Crippen LogP contribution in [0.4, 0.5) is 0 Å². The van der Waals surface area contributed by atoms with Gasteiger partial charge in [0.2, 0.25) is 0 Å². The number of nitriles is 1. The molecule has 2 rings (SSSR count). The normalized spacial score (nSPS) is 12.2. The maximum Gasteiger partial charge on any atom is 0.187 e. The van der Waals surface area contributed by atoms with Crippen molar-refractivity contribution < 1.29 is 9.78 Å². The molecule has 0 N–H and O–H groups in total. The van der Waals surface area contributed by atoms with E-state index in [1.165, 1.54) is 6.26 Å². The lowest BCUT2D eigenvalue weighted by Crippen LogP contribution is -1.98. The molecule has 0 aliphatic carbocycles. The van der Waals surface area contributed by atoms with E-state index in [9.17, 15) is 0 Å². The second kappa shape index (κ2) is 2.59. The highest BCUT2D eigenvalue weighted by atomic mass is 17.2. The molecule has 1 aliphatic heterocycles. The van der Waals surface area contributed by atoms with Gasteiger partial charge >= 0.3 is 0 Å². The molecule has 0 saturated heterocycles. The molecular weight excluding hydrogens is 154 g/mol. The molecule has 12 heavy (non-hydrogen) atoms. The van der Waals surface area contributed by atoms with Crippen molar-refractivity contribution in [2.24, 2.45) is 0 Å².